The number of allylic oxidation sites excluding steroid dienone is 5. The Morgan fingerprint density at radius 3 is 2.26 bits per heavy atom. The van der Waals surface area contributed by atoms with Gasteiger partial charge in [0.2, 0.25) is 0 Å². The van der Waals surface area contributed by atoms with Crippen molar-refractivity contribution in [3.63, 3.8) is 0 Å². The lowest BCUT2D eigenvalue weighted by Gasteiger charge is -2.25. The number of benzene rings is 5. The number of nitriles is 3. The van der Waals surface area contributed by atoms with Gasteiger partial charge in [-0.1, -0.05) is 78.9 Å². The van der Waals surface area contributed by atoms with Gasteiger partial charge in [0.25, 0.3) is 0 Å². The Labute approximate surface area is 289 Å². The van der Waals surface area contributed by atoms with Crippen molar-refractivity contribution < 1.29 is 0 Å². The second-order valence-corrected chi connectivity index (χ2v) is 12.9. The zero-order valence-electron chi connectivity index (χ0n) is 27.1. The molecule has 0 aliphatic heterocycles. The Kier molecular flexibility index (Phi) is 6.84. The van der Waals surface area contributed by atoms with Crippen LogP contribution >= 0.6 is 0 Å². The van der Waals surface area contributed by atoms with E-state index >= 15 is 0 Å². The molecule has 1 atom stereocenters. The van der Waals surface area contributed by atoms with Crippen molar-refractivity contribution in [2.75, 3.05) is 0 Å². The minimum Gasteiger partial charge on any atom is -0.313 e. The van der Waals surface area contributed by atoms with E-state index < -0.39 is 0 Å². The molecule has 0 bridgehead atoms. The molecular weight excluding hydrogens is 611 g/mol. The molecular formula is C45H29N5. The van der Waals surface area contributed by atoms with E-state index in [9.17, 15) is 15.8 Å². The van der Waals surface area contributed by atoms with Crippen LogP contribution in [0.3, 0.4) is 0 Å². The molecule has 0 fully saturated rings. The summed E-state index contributed by atoms with van der Waals surface area (Å²) in [6.45, 7) is 0. The summed E-state index contributed by atoms with van der Waals surface area (Å²) in [5.41, 5.74) is 12.2. The largest absolute Gasteiger partial charge is 0.313 e. The lowest BCUT2D eigenvalue weighted by molar-refractivity contribution is 0.822. The number of hydrogen-bond donors (Lipinski definition) is 0. The van der Waals surface area contributed by atoms with Crippen LogP contribution in [0.25, 0.3) is 55.7 Å². The highest BCUT2D eigenvalue weighted by Crippen LogP contribution is 2.42. The molecule has 0 radical (unpaired) electrons. The smallest absolute Gasteiger partial charge is 0.101 e. The third kappa shape index (κ3) is 4.44. The van der Waals surface area contributed by atoms with Crippen molar-refractivity contribution in [1.29, 1.82) is 15.8 Å². The number of aromatic nitrogens is 2. The lowest BCUT2D eigenvalue weighted by Crippen LogP contribution is -2.12. The minimum atomic E-state index is -0.120. The summed E-state index contributed by atoms with van der Waals surface area (Å²) >= 11 is 0. The number of fused-ring (bicyclic) bond motifs is 6. The quantitative estimate of drug-likeness (QED) is 0.192. The molecule has 2 aliphatic carbocycles. The van der Waals surface area contributed by atoms with Crippen LogP contribution in [0.4, 0.5) is 0 Å². The Morgan fingerprint density at radius 2 is 1.44 bits per heavy atom. The molecule has 2 aliphatic rings. The van der Waals surface area contributed by atoms with Gasteiger partial charge in [-0.05, 0) is 85.0 Å². The van der Waals surface area contributed by atoms with Crippen LogP contribution in [0.15, 0.2) is 127 Å². The Hall–Kier alpha value is -6.87. The molecule has 0 spiro atoms. The topological polar surface area (TPSA) is 81.2 Å². The SMILES string of the molecule is N#Cc1ccc2c(c1)c1ccccc1n2-c1cccc(C2=CC(c3c(-n4c5c(c6ccccc64)C=CCC5)ccc(C#N)c3C#N)CC=C2)c1. The highest BCUT2D eigenvalue weighted by atomic mass is 15.0. The molecule has 0 saturated heterocycles. The average molecular weight is 640 g/mol. The van der Waals surface area contributed by atoms with Crippen molar-refractivity contribution in [3.05, 3.63) is 167 Å². The molecule has 9 rings (SSSR count). The van der Waals surface area contributed by atoms with Crippen LogP contribution in [0.1, 0.15) is 57.8 Å². The van der Waals surface area contributed by atoms with Gasteiger partial charge in [0.15, 0.2) is 0 Å². The monoisotopic (exact) mass is 639 g/mol. The van der Waals surface area contributed by atoms with Crippen LogP contribution in [0.5, 0.6) is 0 Å². The molecule has 50 heavy (non-hydrogen) atoms. The predicted molar refractivity (Wildman–Crippen MR) is 200 cm³/mol. The van der Waals surface area contributed by atoms with Crippen molar-refractivity contribution in [1.82, 2.24) is 9.13 Å². The first-order valence-corrected chi connectivity index (χ1v) is 16.9. The van der Waals surface area contributed by atoms with Crippen LogP contribution < -0.4 is 0 Å². The third-order valence-electron chi connectivity index (χ3n) is 10.2. The first-order valence-electron chi connectivity index (χ1n) is 16.9. The van der Waals surface area contributed by atoms with Crippen molar-refractivity contribution in [3.8, 4) is 29.6 Å². The molecule has 2 heterocycles. The van der Waals surface area contributed by atoms with E-state index in [1.165, 1.54) is 16.6 Å². The van der Waals surface area contributed by atoms with E-state index in [0.29, 0.717) is 16.7 Å². The standard InChI is InChI=1S/C45H29N5/c46-26-29-19-21-43-38(23-29)37-15-3-4-16-40(37)49(43)34-12-8-10-31(25-34)30-9-7-11-32(24-30)45-39(28-48)33(27-47)20-22-44(45)50-41-17-5-1-13-35(41)36-14-2-6-18-42(36)50/h1-5,7-10,12-17,19-25,32H,6,11,18H2. The molecule has 7 aromatic rings. The second-order valence-electron chi connectivity index (χ2n) is 12.9. The van der Waals surface area contributed by atoms with E-state index in [1.807, 2.05) is 36.4 Å². The summed E-state index contributed by atoms with van der Waals surface area (Å²) in [7, 11) is 0. The van der Waals surface area contributed by atoms with Crippen LogP contribution in [0.2, 0.25) is 0 Å². The maximum Gasteiger partial charge on any atom is 0.101 e. The van der Waals surface area contributed by atoms with Crippen molar-refractivity contribution >= 4 is 44.4 Å². The van der Waals surface area contributed by atoms with E-state index in [2.05, 4.69) is 118 Å². The van der Waals surface area contributed by atoms with E-state index in [1.54, 1.807) is 6.07 Å². The summed E-state index contributed by atoms with van der Waals surface area (Å²) in [6, 6.07) is 42.1. The third-order valence-corrected chi connectivity index (χ3v) is 10.2. The highest BCUT2D eigenvalue weighted by Gasteiger charge is 2.27. The molecule has 5 aromatic carbocycles. The fourth-order valence-corrected chi connectivity index (χ4v) is 8.06. The molecule has 1 unspecified atom stereocenters. The second kappa shape index (κ2) is 11.7. The zero-order valence-corrected chi connectivity index (χ0v) is 27.1. The maximum absolute atomic E-state index is 10.6. The Morgan fingerprint density at radius 1 is 0.640 bits per heavy atom. The van der Waals surface area contributed by atoms with E-state index in [4.69, 9.17) is 0 Å². The van der Waals surface area contributed by atoms with Gasteiger partial charge in [-0.25, -0.2) is 0 Å². The summed E-state index contributed by atoms with van der Waals surface area (Å²) in [5, 5.41) is 33.7. The van der Waals surface area contributed by atoms with Crippen molar-refractivity contribution in [2.24, 2.45) is 0 Å². The maximum atomic E-state index is 10.6. The Balaban J connectivity index is 1.21. The fourth-order valence-electron chi connectivity index (χ4n) is 8.06. The van der Waals surface area contributed by atoms with Gasteiger partial charge >= 0.3 is 0 Å². The van der Waals surface area contributed by atoms with Gasteiger partial charge in [0, 0.05) is 44.6 Å². The summed E-state index contributed by atoms with van der Waals surface area (Å²) in [5.74, 6) is -0.120. The first-order chi connectivity index (χ1) is 24.7. The predicted octanol–water partition coefficient (Wildman–Crippen LogP) is 10.4. The molecule has 2 aromatic heterocycles. The van der Waals surface area contributed by atoms with Gasteiger partial charge < -0.3 is 9.13 Å². The van der Waals surface area contributed by atoms with Gasteiger partial charge in [0.1, 0.15) is 12.1 Å². The minimum absolute atomic E-state index is 0.120. The molecule has 234 valence electrons. The lowest BCUT2D eigenvalue weighted by atomic mass is 9.83. The average Bonchev–Trinajstić information content (AvgIpc) is 3.70. The summed E-state index contributed by atoms with van der Waals surface area (Å²) in [6.07, 6.45) is 13.7. The fraction of sp³-hybridized carbons (Fsp3) is 0.0889. The number of hydrogen-bond acceptors (Lipinski definition) is 3. The van der Waals surface area contributed by atoms with E-state index in [0.717, 1.165) is 74.7 Å². The van der Waals surface area contributed by atoms with E-state index in [-0.39, 0.29) is 5.92 Å². The molecule has 0 saturated carbocycles. The van der Waals surface area contributed by atoms with Gasteiger partial charge in [-0.3, -0.25) is 0 Å². The normalized spacial score (nSPS) is 15.1. The van der Waals surface area contributed by atoms with Crippen LogP contribution in [0, 0.1) is 34.0 Å². The Bertz CT molecular complexity index is 2780. The van der Waals surface area contributed by atoms with Gasteiger partial charge in [0.05, 0.1) is 45.0 Å². The number of para-hydroxylation sites is 2. The molecule has 5 heteroatoms. The molecule has 5 nitrogen and oxygen atoms in total. The summed E-state index contributed by atoms with van der Waals surface area (Å²) < 4.78 is 4.59. The number of nitrogens with zero attached hydrogens (tertiary/aromatic N) is 5. The first kappa shape index (κ1) is 29.3. The molecule has 0 amide bonds. The highest BCUT2D eigenvalue weighted by molar-refractivity contribution is 6.09. The van der Waals surface area contributed by atoms with Gasteiger partial charge in [-0.2, -0.15) is 15.8 Å². The zero-order chi connectivity index (χ0) is 33.8. The van der Waals surface area contributed by atoms with Crippen LogP contribution in [-0.4, -0.2) is 9.13 Å². The molecule has 0 N–H and O–H groups in total. The van der Waals surface area contributed by atoms with Crippen LogP contribution in [-0.2, 0) is 6.42 Å². The van der Waals surface area contributed by atoms with Gasteiger partial charge in [-0.15, -0.1) is 0 Å². The summed E-state index contributed by atoms with van der Waals surface area (Å²) in [4.78, 5) is 0. The van der Waals surface area contributed by atoms with Crippen molar-refractivity contribution in [2.45, 2.75) is 25.2 Å². The number of rotatable bonds is 4.